The fourth-order valence-corrected chi connectivity index (χ4v) is 19.7. The van der Waals surface area contributed by atoms with Crippen LogP contribution < -0.4 is 38.2 Å². The summed E-state index contributed by atoms with van der Waals surface area (Å²) in [6, 6.07) is 9.67. The summed E-state index contributed by atoms with van der Waals surface area (Å²) in [5, 5.41) is 2.96. The Kier molecular flexibility index (Phi) is 25.3. The van der Waals surface area contributed by atoms with Crippen LogP contribution in [-0.4, -0.2) is 184 Å². The summed E-state index contributed by atoms with van der Waals surface area (Å²) in [4.78, 5) is 130. The fourth-order valence-electron chi connectivity index (χ4n) is 17.0. The third kappa shape index (κ3) is 19.3. The van der Waals surface area contributed by atoms with Gasteiger partial charge in [0.2, 0.25) is 55.4 Å². The molecule has 0 spiro atoms. The van der Waals surface area contributed by atoms with Gasteiger partial charge in [-0.15, -0.1) is 0 Å². The molecule has 6 heterocycles. The number of hydrogen-bond acceptors (Lipinski definition) is 22. The maximum atomic E-state index is 14.9. The number of fused-ring (bicyclic) bond motifs is 6. The van der Waals surface area contributed by atoms with E-state index >= 15 is 0 Å². The van der Waals surface area contributed by atoms with E-state index in [0.29, 0.717) is 85.4 Å². The number of carbonyl (C=O) groups is 8. The van der Waals surface area contributed by atoms with Gasteiger partial charge >= 0.3 is 11.9 Å². The number of benzene rings is 2. The molecule has 4 aliphatic carbocycles. The van der Waals surface area contributed by atoms with Crippen molar-refractivity contribution in [2.45, 2.75) is 244 Å². The highest BCUT2D eigenvalue weighted by atomic mass is 32.2. The number of nitrogens with zero attached hydrogens (tertiary/aromatic N) is 6. The van der Waals surface area contributed by atoms with Gasteiger partial charge < -0.3 is 48.0 Å². The number of allylic oxidation sites excluding steroid dienone is 4. The normalized spacial score (nSPS) is 29.6. The zero-order chi connectivity index (χ0) is 83.3. The molecular formula is C86H120N8O18S2. The van der Waals surface area contributed by atoms with Crippen molar-refractivity contribution in [3.8, 4) is 23.3 Å². The van der Waals surface area contributed by atoms with Crippen LogP contribution in [0.3, 0.4) is 0 Å². The molecule has 14 atom stereocenters. The minimum atomic E-state index is -3.96. The third-order valence-corrected chi connectivity index (χ3v) is 29.2. The number of rotatable bonds is 18. The molecule has 4 aliphatic heterocycles. The van der Waals surface area contributed by atoms with Crippen molar-refractivity contribution in [3.63, 3.8) is 0 Å². The molecular weight excluding hydrogens is 1500 g/mol. The largest absolute Gasteiger partial charge is 0.494 e. The molecule has 4 aromatic rings. The van der Waals surface area contributed by atoms with Gasteiger partial charge in [0.1, 0.15) is 34.9 Å². The lowest BCUT2D eigenvalue weighted by atomic mass is 9.82. The molecule has 12 rings (SSSR count). The van der Waals surface area contributed by atoms with Crippen molar-refractivity contribution in [1.82, 2.24) is 29.2 Å². The van der Waals surface area contributed by atoms with Crippen molar-refractivity contribution >= 4 is 100 Å². The number of pyridine rings is 2. The summed E-state index contributed by atoms with van der Waals surface area (Å²) in [6.45, 7) is 22.2. The van der Waals surface area contributed by atoms with Crippen LogP contribution in [0, 0.1) is 58.2 Å². The van der Waals surface area contributed by atoms with E-state index < -0.39 is 111 Å². The predicted molar refractivity (Wildman–Crippen MR) is 435 cm³/mol. The Bertz CT molecular complexity index is 4370. The number of ketones is 2. The average molecular weight is 1620 g/mol. The van der Waals surface area contributed by atoms with Crippen LogP contribution in [0.25, 0.3) is 21.5 Å². The quantitative estimate of drug-likeness (QED) is 0.0690. The van der Waals surface area contributed by atoms with Crippen LogP contribution in [-0.2, 0) is 67.9 Å². The average Bonchev–Trinajstić information content (AvgIpc) is 1.57. The molecule has 8 aliphatic rings. The molecule has 0 radical (unpaired) electrons. The smallest absolute Gasteiger partial charge is 0.307 e. The molecule has 2 aromatic carbocycles. The first-order valence-corrected chi connectivity index (χ1v) is 43.5. The summed E-state index contributed by atoms with van der Waals surface area (Å²) in [7, 11) is 3.00. The maximum Gasteiger partial charge on any atom is 0.307 e. The minimum absolute atomic E-state index is 0.0442. The Morgan fingerprint density at radius 1 is 0.544 bits per heavy atom. The molecule has 0 unspecified atom stereocenters. The van der Waals surface area contributed by atoms with Crippen LogP contribution in [0.1, 0.15) is 199 Å². The number of methoxy groups -OCH3 is 2. The Morgan fingerprint density at radius 3 is 1.23 bits per heavy atom. The van der Waals surface area contributed by atoms with Gasteiger partial charge in [-0.05, 0) is 204 Å². The van der Waals surface area contributed by atoms with E-state index in [0.717, 1.165) is 47.8 Å². The number of ether oxygens (including phenoxy) is 6. The highest BCUT2D eigenvalue weighted by Crippen LogP contribution is 2.59. The van der Waals surface area contributed by atoms with Crippen molar-refractivity contribution in [2.75, 3.05) is 65.3 Å². The molecule has 624 valence electrons. The number of hydrogen-bond donors (Lipinski definition) is 2. The molecule has 114 heavy (non-hydrogen) atoms. The second-order valence-electron chi connectivity index (χ2n) is 36.9. The van der Waals surface area contributed by atoms with E-state index in [-0.39, 0.29) is 111 Å². The Balaban J connectivity index is 0.000000225. The van der Waals surface area contributed by atoms with Crippen LogP contribution >= 0.6 is 0 Å². The predicted octanol–water partition coefficient (Wildman–Crippen LogP) is 12.0. The van der Waals surface area contributed by atoms with Crippen LogP contribution in [0.4, 0.5) is 11.4 Å². The minimum Gasteiger partial charge on any atom is -0.494 e. The number of nitrogens with one attached hydrogen (secondary N) is 2. The Labute approximate surface area is 672 Å². The van der Waals surface area contributed by atoms with Crippen molar-refractivity contribution < 1.29 is 83.6 Å². The van der Waals surface area contributed by atoms with Gasteiger partial charge in [0.05, 0.1) is 96.8 Å². The van der Waals surface area contributed by atoms with E-state index in [9.17, 15) is 55.2 Å². The second-order valence-corrected chi connectivity index (χ2v) is 41.3. The van der Waals surface area contributed by atoms with Gasteiger partial charge in [0.15, 0.2) is 11.6 Å². The molecule has 4 saturated carbocycles. The monoisotopic (exact) mass is 1620 g/mol. The number of carbonyl (C=O) groups excluding carboxylic acids is 8. The van der Waals surface area contributed by atoms with Crippen LogP contribution in [0.5, 0.6) is 23.3 Å². The molecule has 26 nitrogen and oxygen atoms in total. The molecule has 6 fully saturated rings. The van der Waals surface area contributed by atoms with Crippen LogP contribution in [0.15, 0.2) is 73.1 Å². The molecule has 4 amide bonds. The third-order valence-electron chi connectivity index (χ3n) is 24.8. The van der Waals surface area contributed by atoms with Gasteiger partial charge in [-0.25, -0.2) is 26.8 Å². The van der Waals surface area contributed by atoms with Crippen molar-refractivity contribution in [1.29, 1.82) is 0 Å². The zero-order valence-corrected chi connectivity index (χ0v) is 71.5. The number of anilines is 2. The first kappa shape index (κ1) is 86.5. The van der Waals surface area contributed by atoms with E-state index in [1.807, 2.05) is 113 Å². The van der Waals surface area contributed by atoms with E-state index in [4.69, 9.17) is 28.4 Å². The summed E-state index contributed by atoms with van der Waals surface area (Å²) in [5.74, 6) is -4.26. The van der Waals surface area contributed by atoms with Gasteiger partial charge in [-0.3, -0.25) is 47.8 Å². The van der Waals surface area contributed by atoms with Crippen molar-refractivity contribution in [2.24, 2.45) is 58.2 Å². The van der Waals surface area contributed by atoms with E-state index in [2.05, 4.69) is 33.3 Å². The molecule has 2 N–H and O–H groups in total. The number of sulfonamides is 2. The number of esters is 2. The zero-order valence-electron chi connectivity index (χ0n) is 69.8. The second kappa shape index (κ2) is 33.3. The SMILES string of the molecule is COc1cnc(O[C@@H]2C[C@H]3C(=O)C[C@]4(C(=O)NS(=O)(=O)C5(C)CC5)C[C@H]4/C=C\CC[C@@H](C)C[C@@H](C)[C@H](CC(=O)OC(C)(C)C)C(=O)N3C2)c2ccc(N(C)C)cc12.COc1cnc(O[C@@H]2C[C@H]3C(=O)C[C@]4(C(=O)NS(=O)(=O)C5(C)CC5)C[C@H]4/C=C\CC[C@H](C)C[C@@H](C)[C@H](CC(=O)OC(C)(C)C)C(=O)N3C2)c2ccc(N(C)C)cc12. The molecule has 0 bridgehead atoms. The molecule has 2 saturated heterocycles. The lowest BCUT2D eigenvalue weighted by Crippen LogP contribution is -2.48. The number of Topliss-reactive ketones (excluding diaryl/α,β-unsaturated/α-hetero) is 2. The highest BCUT2D eigenvalue weighted by Gasteiger charge is 2.65. The first-order chi connectivity index (χ1) is 53.3. The Hall–Kier alpha value is -8.40. The summed E-state index contributed by atoms with van der Waals surface area (Å²) in [5.41, 5.74) is -2.15. The highest BCUT2D eigenvalue weighted by molar-refractivity contribution is 7.92. The molecule has 28 heteroatoms. The summed E-state index contributed by atoms with van der Waals surface area (Å²) < 4.78 is 91.6. The van der Waals surface area contributed by atoms with E-state index in [1.165, 1.54) is 9.80 Å². The summed E-state index contributed by atoms with van der Waals surface area (Å²) in [6.07, 6.45) is 16.1. The Morgan fingerprint density at radius 2 is 0.904 bits per heavy atom. The van der Waals surface area contributed by atoms with Crippen molar-refractivity contribution in [3.05, 3.63) is 73.1 Å². The van der Waals surface area contributed by atoms with Gasteiger partial charge in [-0.1, -0.05) is 52.0 Å². The summed E-state index contributed by atoms with van der Waals surface area (Å²) >= 11 is 0. The van der Waals surface area contributed by atoms with Crippen LogP contribution in [0.2, 0.25) is 0 Å². The number of amides is 4. The standard InChI is InChI=1S/2C43H60N4O9S/c2*1-26-12-10-11-13-28-22-43(28,40(51)45-57(52,53)42(6)16-17-42)23-35(48)34-20-30(25-47(34)39(50)32(27(2)18-26)21-37(49)56-41(3,4)5)55-38-31-15-14-29(46(7)8)19-33(31)36(54-9)24-44-38/h2*11,13-15,19,24,26-28,30,32,34H,10,12,16-18,20-23,25H2,1-9H3,(H,45,51)/b2*13-11-/t26-,27+,28+,30+,32-,34-,43+;26-,27-,28-,30-,32+,34+,43-/m01/s1. The number of aromatic nitrogens is 2. The van der Waals surface area contributed by atoms with Gasteiger partial charge in [-0.2, -0.15) is 0 Å². The molecule has 2 aromatic heterocycles. The maximum absolute atomic E-state index is 14.9. The van der Waals surface area contributed by atoms with Gasteiger partial charge in [0.25, 0.3) is 0 Å². The first-order valence-electron chi connectivity index (χ1n) is 40.5. The lowest BCUT2D eigenvalue weighted by Gasteiger charge is -2.32. The fraction of sp³-hybridized carbons (Fsp3) is 0.651. The van der Waals surface area contributed by atoms with Gasteiger partial charge in [0, 0.05) is 86.8 Å². The lowest BCUT2D eigenvalue weighted by molar-refractivity contribution is -0.160. The van der Waals surface area contributed by atoms with E-state index in [1.54, 1.807) is 82.0 Å². The topological polar surface area (TPSA) is 323 Å².